The minimum Gasteiger partial charge on any atom is -0.494 e. The molecule has 0 radical (unpaired) electrons. The summed E-state index contributed by atoms with van der Waals surface area (Å²) in [4.78, 5) is 73.0. The molecule has 1 aliphatic rings. The predicted molar refractivity (Wildman–Crippen MR) is 394 cm³/mol. The van der Waals surface area contributed by atoms with E-state index in [4.69, 9.17) is 52.7 Å². The molecule has 3 aromatic carbocycles. The summed E-state index contributed by atoms with van der Waals surface area (Å²) in [5.41, 5.74) is 5.42. The Morgan fingerprint density at radius 3 is 1.10 bits per heavy atom. The standard InChI is InChI=1S/C79H99N9O14S/c1-12-13-43-87(5,6)44-15-48-100-70-32-26-61(27-33-70)19-22-64-52-67(82-73(55-64)76(90)97-10)58-85-39-37-84(57-66-51-63(54-72(81-66)75(89)96-9)21-18-60-24-30-69(31-25-60)99-47-14-36-80-78(92)102-79(2,3)4)38-40-86(42-41-85)59-68-53-65(56-74(83-68)77(91)98-11)23-20-62-28-34-71(35-29-62)101-49-16-45-88(7,8)46-17-50-103(93,94)95/h24-35,51-56H,12-17,36-50,57-59H2,1-11H3/p+2. The van der Waals surface area contributed by atoms with Gasteiger partial charge in [-0.05, 0) is 143 Å². The molecule has 0 aliphatic carbocycles. The molecule has 7 rings (SSSR count). The Bertz CT molecular complexity index is 4110. The molecule has 1 amide bonds. The summed E-state index contributed by atoms with van der Waals surface area (Å²) in [6.45, 7) is 17.3. The van der Waals surface area contributed by atoms with E-state index < -0.39 is 39.7 Å². The Hall–Kier alpha value is -9.42. The number of rotatable bonds is 31. The van der Waals surface area contributed by atoms with Gasteiger partial charge in [-0.25, -0.2) is 34.1 Å². The Morgan fingerprint density at radius 2 is 0.786 bits per heavy atom. The lowest BCUT2D eigenvalue weighted by molar-refractivity contribution is -0.890. The monoisotopic (exact) mass is 1430 g/mol. The lowest BCUT2D eigenvalue weighted by Gasteiger charge is -2.29. The fourth-order valence-corrected chi connectivity index (χ4v) is 11.6. The van der Waals surface area contributed by atoms with Gasteiger partial charge in [0.2, 0.25) is 0 Å². The van der Waals surface area contributed by atoms with Crippen LogP contribution in [0.4, 0.5) is 4.79 Å². The number of pyridine rings is 3. The van der Waals surface area contributed by atoms with Gasteiger partial charge in [0, 0.05) is 118 Å². The highest BCUT2D eigenvalue weighted by atomic mass is 32.2. The second kappa shape index (κ2) is 39.9. The van der Waals surface area contributed by atoms with Crippen LogP contribution in [0.1, 0.15) is 148 Å². The molecule has 1 aliphatic heterocycles. The topological polar surface area (TPSA) is 248 Å². The van der Waals surface area contributed by atoms with Crippen molar-refractivity contribution < 1.29 is 74.3 Å². The van der Waals surface area contributed by atoms with E-state index >= 15 is 0 Å². The number of amides is 1. The number of hydrogen-bond acceptors (Lipinski definition) is 19. The Morgan fingerprint density at radius 1 is 0.476 bits per heavy atom. The SMILES string of the molecule is CCCC[N+](C)(C)CCCOc1ccc(C#Cc2cc(CN3CCN(Cc4cc(C#Cc5ccc(OCCCNC(=O)OC(C)(C)C)cc5)cc(C(=O)OC)n4)CCN(Cc4cc(C#Cc5ccc(OCCC[N+](C)(C)CCCS(=O)(=O)O)cc5)cc(C(=O)OC)n4)CC3)nc(C(=O)OC)c2)cc1. The van der Waals surface area contributed by atoms with Crippen LogP contribution < -0.4 is 19.5 Å². The van der Waals surface area contributed by atoms with Crippen LogP contribution >= 0.6 is 0 Å². The van der Waals surface area contributed by atoms with E-state index in [1.54, 1.807) is 18.2 Å². The van der Waals surface area contributed by atoms with Crippen molar-refractivity contribution in [2.75, 3.05) is 147 Å². The molecule has 4 heterocycles. The van der Waals surface area contributed by atoms with E-state index in [-0.39, 0.29) is 22.8 Å². The van der Waals surface area contributed by atoms with E-state index in [9.17, 15) is 27.6 Å². The zero-order valence-corrected chi connectivity index (χ0v) is 62.4. The number of unbranched alkanes of at least 4 members (excludes halogenated alkanes) is 1. The van der Waals surface area contributed by atoms with Gasteiger partial charge in [0.15, 0.2) is 0 Å². The Balaban J connectivity index is 1.11. The molecule has 0 spiro atoms. The number of carbonyl (C=O) groups is 4. The van der Waals surface area contributed by atoms with Crippen molar-refractivity contribution in [3.63, 3.8) is 0 Å². The number of quaternary nitrogens is 2. The van der Waals surface area contributed by atoms with E-state index in [0.717, 1.165) is 48.3 Å². The first-order valence-electron chi connectivity index (χ1n) is 34.9. The summed E-state index contributed by atoms with van der Waals surface area (Å²) in [6.07, 6.45) is 4.50. The molecule has 2 N–H and O–H groups in total. The molecule has 0 saturated carbocycles. The van der Waals surface area contributed by atoms with Crippen LogP contribution in [0.25, 0.3) is 0 Å². The van der Waals surface area contributed by atoms with E-state index in [1.165, 1.54) is 34.2 Å². The minimum absolute atomic E-state index is 0.101. The molecule has 0 unspecified atom stereocenters. The largest absolute Gasteiger partial charge is 0.494 e. The number of esters is 3. The first kappa shape index (κ1) is 80.9. The lowest BCUT2D eigenvalue weighted by atomic mass is 10.1. The zero-order valence-electron chi connectivity index (χ0n) is 61.6. The highest BCUT2D eigenvalue weighted by Crippen LogP contribution is 2.20. The first-order chi connectivity index (χ1) is 49.1. The van der Waals surface area contributed by atoms with Crippen molar-refractivity contribution in [2.24, 2.45) is 0 Å². The van der Waals surface area contributed by atoms with Crippen LogP contribution in [0, 0.1) is 35.5 Å². The quantitative estimate of drug-likeness (QED) is 0.0103. The molecule has 6 aromatic rings. The number of methoxy groups -OCH3 is 3. The maximum atomic E-state index is 13.3. The number of nitrogens with one attached hydrogen (secondary N) is 1. The molecule has 0 bridgehead atoms. The van der Waals surface area contributed by atoms with Crippen molar-refractivity contribution in [2.45, 2.75) is 91.5 Å². The number of aromatic nitrogens is 3. The second-order valence-corrected chi connectivity index (χ2v) is 29.2. The fourth-order valence-electron chi connectivity index (χ4n) is 11.1. The summed E-state index contributed by atoms with van der Waals surface area (Å²) in [5.74, 6) is 19.4. The van der Waals surface area contributed by atoms with Crippen LogP contribution in [0.3, 0.4) is 0 Å². The molecule has 1 saturated heterocycles. The maximum absolute atomic E-state index is 13.3. The average Bonchev–Trinajstić information content (AvgIpc) is 1.46. The Kier molecular flexibility index (Phi) is 31.3. The van der Waals surface area contributed by atoms with Gasteiger partial charge in [0.1, 0.15) is 39.9 Å². The van der Waals surface area contributed by atoms with Crippen molar-refractivity contribution >= 4 is 34.1 Å². The minimum atomic E-state index is -4.00. The van der Waals surface area contributed by atoms with E-state index in [2.05, 4.69) is 76.6 Å². The maximum Gasteiger partial charge on any atom is 0.407 e. The first-order valence-corrected chi connectivity index (χ1v) is 36.5. The number of ether oxygens (including phenoxy) is 7. The molecule has 23 nitrogen and oxygen atoms in total. The molecule has 550 valence electrons. The average molecular weight is 1430 g/mol. The summed E-state index contributed by atoms with van der Waals surface area (Å²) in [6, 6.07) is 32.9. The van der Waals surface area contributed by atoms with Crippen LogP contribution in [0.5, 0.6) is 17.2 Å². The molecule has 103 heavy (non-hydrogen) atoms. The third-order valence-electron chi connectivity index (χ3n) is 16.7. The van der Waals surface area contributed by atoms with Crippen molar-refractivity contribution in [3.05, 3.63) is 177 Å². The van der Waals surface area contributed by atoms with Gasteiger partial charge in [-0.15, -0.1) is 0 Å². The summed E-state index contributed by atoms with van der Waals surface area (Å²) in [5, 5.41) is 2.74. The number of carbonyl (C=O) groups excluding carboxylic acids is 4. The molecule has 3 aromatic heterocycles. The summed E-state index contributed by atoms with van der Waals surface area (Å²) >= 11 is 0. The summed E-state index contributed by atoms with van der Waals surface area (Å²) in [7, 11) is 8.48. The normalized spacial score (nSPS) is 13.2. The third kappa shape index (κ3) is 30.2. The molecular weight excluding hydrogens is 1330 g/mol. The van der Waals surface area contributed by atoms with Gasteiger partial charge in [-0.3, -0.25) is 19.3 Å². The van der Waals surface area contributed by atoms with E-state index in [1.807, 2.05) is 126 Å². The van der Waals surface area contributed by atoms with Crippen LogP contribution in [0.15, 0.2) is 109 Å². The van der Waals surface area contributed by atoms with Crippen LogP contribution in [0.2, 0.25) is 0 Å². The van der Waals surface area contributed by atoms with E-state index in [0.29, 0.717) is 166 Å². The second-order valence-electron chi connectivity index (χ2n) is 27.6. The van der Waals surface area contributed by atoms with Gasteiger partial charge < -0.3 is 47.4 Å². The fraction of sp³-hybridized carbons (Fsp3) is 0.456. The van der Waals surface area contributed by atoms with Gasteiger partial charge in [-0.1, -0.05) is 48.9 Å². The van der Waals surface area contributed by atoms with Gasteiger partial charge in [0.25, 0.3) is 10.1 Å². The van der Waals surface area contributed by atoms with Crippen molar-refractivity contribution in [3.8, 4) is 52.8 Å². The highest BCUT2D eigenvalue weighted by Gasteiger charge is 2.24. The van der Waals surface area contributed by atoms with Crippen molar-refractivity contribution in [1.29, 1.82) is 0 Å². The van der Waals surface area contributed by atoms with Crippen LogP contribution in [-0.4, -0.2) is 228 Å². The number of nitrogens with zero attached hydrogens (tertiary/aromatic N) is 8. The molecule has 24 heteroatoms. The number of hydrogen-bond donors (Lipinski definition) is 2. The predicted octanol–water partition coefficient (Wildman–Crippen LogP) is 9.31. The van der Waals surface area contributed by atoms with Gasteiger partial charge in [0.05, 0.1) is 118 Å². The molecular formula is C79H101N9O14S+2. The lowest BCUT2D eigenvalue weighted by Crippen LogP contribution is -2.42. The smallest absolute Gasteiger partial charge is 0.407 e. The van der Waals surface area contributed by atoms with Gasteiger partial charge in [-0.2, -0.15) is 8.42 Å². The van der Waals surface area contributed by atoms with Gasteiger partial charge >= 0.3 is 24.0 Å². The van der Waals surface area contributed by atoms with Crippen molar-refractivity contribution in [1.82, 2.24) is 35.0 Å². The molecule has 0 atom stereocenters. The number of benzene rings is 3. The third-order valence-corrected chi connectivity index (χ3v) is 17.5. The zero-order chi connectivity index (χ0) is 74.4. The highest BCUT2D eigenvalue weighted by molar-refractivity contribution is 7.85. The Labute approximate surface area is 608 Å². The summed E-state index contributed by atoms with van der Waals surface area (Å²) < 4.78 is 72.0. The molecule has 1 fully saturated rings. The number of alkyl carbamates (subject to hydrolysis) is 1. The van der Waals surface area contributed by atoms with Crippen LogP contribution in [-0.2, 0) is 48.7 Å².